The van der Waals surface area contributed by atoms with Crippen molar-refractivity contribution in [2.45, 2.75) is 78.7 Å². The zero-order chi connectivity index (χ0) is 15.8. The molecule has 0 aliphatic heterocycles. The van der Waals surface area contributed by atoms with Crippen molar-refractivity contribution in [3.63, 3.8) is 0 Å². The van der Waals surface area contributed by atoms with Crippen LogP contribution in [0.25, 0.3) is 0 Å². The largest absolute Gasteiger partial charge is 0.409 e. The summed E-state index contributed by atoms with van der Waals surface area (Å²) >= 11 is 0. The van der Waals surface area contributed by atoms with Crippen LogP contribution in [-0.2, 0) is 4.79 Å². The van der Waals surface area contributed by atoms with Gasteiger partial charge in [0.25, 0.3) is 0 Å². The second-order valence-electron chi connectivity index (χ2n) is 6.16. The summed E-state index contributed by atoms with van der Waals surface area (Å²) in [7, 11) is 0. The molecule has 0 atom stereocenters. The number of rotatable bonds is 9. The number of amides is 1. The fourth-order valence-electron chi connectivity index (χ4n) is 2.79. The van der Waals surface area contributed by atoms with Gasteiger partial charge in [0.15, 0.2) is 5.84 Å². The molecule has 4 N–H and O–H groups in total. The predicted octanol–water partition coefficient (Wildman–Crippen LogP) is 3.01. The Morgan fingerprint density at radius 3 is 1.90 bits per heavy atom. The van der Waals surface area contributed by atoms with Crippen molar-refractivity contribution in [3.05, 3.63) is 0 Å². The van der Waals surface area contributed by atoms with Gasteiger partial charge in [0.05, 0.1) is 0 Å². The highest BCUT2D eigenvalue weighted by Crippen LogP contribution is 2.32. The van der Waals surface area contributed by atoms with Crippen LogP contribution in [0.15, 0.2) is 5.16 Å². The Bertz CT molecular complexity index is 332. The molecule has 0 aromatic heterocycles. The first-order valence-corrected chi connectivity index (χ1v) is 7.60. The zero-order valence-corrected chi connectivity index (χ0v) is 13.6. The summed E-state index contributed by atoms with van der Waals surface area (Å²) in [6.07, 6.45) is 4.67. The summed E-state index contributed by atoms with van der Waals surface area (Å²) in [5, 5.41) is 15.3. The minimum absolute atomic E-state index is 0.0194. The quantitative estimate of drug-likeness (QED) is 0.263. The molecule has 1 amide bonds. The Hall–Kier alpha value is -1.26. The molecule has 0 fully saturated rings. The van der Waals surface area contributed by atoms with E-state index < -0.39 is 5.41 Å². The molecule has 0 radical (unpaired) electrons. The Kier molecular flexibility index (Phi) is 7.61. The molecule has 0 aliphatic rings. The molecule has 0 aromatic rings. The van der Waals surface area contributed by atoms with Gasteiger partial charge in [0.1, 0.15) is 5.41 Å². The second kappa shape index (κ2) is 8.12. The third-order valence-corrected chi connectivity index (χ3v) is 3.71. The van der Waals surface area contributed by atoms with Crippen LogP contribution in [-0.4, -0.2) is 22.5 Å². The van der Waals surface area contributed by atoms with E-state index >= 15 is 0 Å². The fourth-order valence-corrected chi connectivity index (χ4v) is 2.79. The van der Waals surface area contributed by atoms with Crippen LogP contribution in [0.2, 0.25) is 0 Å². The molecule has 0 bridgehead atoms. The van der Waals surface area contributed by atoms with Gasteiger partial charge in [0.2, 0.25) is 5.91 Å². The number of carbonyl (C=O) groups is 1. The standard InChI is InChI=1S/C15H31N3O2/c1-6-9-14(4,5)17-13(19)15(10-7-2,11-8-3)12(16)18-20/h20H,6-11H2,1-5H3,(H2,16,18)(H,17,19). The molecule has 0 saturated heterocycles. The minimum atomic E-state index is -0.900. The lowest BCUT2D eigenvalue weighted by Gasteiger charge is -2.35. The van der Waals surface area contributed by atoms with Gasteiger partial charge in [-0.1, -0.05) is 45.2 Å². The van der Waals surface area contributed by atoms with Crippen LogP contribution in [0.5, 0.6) is 0 Å². The third kappa shape index (κ3) is 4.69. The number of hydrogen-bond donors (Lipinski definition) is 3. The lowest BCUT2D eigenvalue weighted by molar-refractivity contribution is -0.130. The summed E-state index contributed by atoms with van der Waals surface area (Å²) in [5.41, 5.74) is 4.67. The van der Waals surface area contributed by atoms with Crippen LogP contribution in [0, 0.1) is 5.41 Å². The molecular formula is C15H31N3O2. The van der Waals surface area contributed by atoms with Crippen molar-refractivity contribution in [1.29, 1.82) is 0 Å². The minimum Gasteiger partial charge on any atom is -0.409 e. The van der Waals surface area contributed by atoms with Crippen molar-refractivity contribution < 1.29 is 10.0 Å². The van der Waals surface area contributed by atoms with Gasteiger partial charge >= 0.3 is 0 Å². The van der Waals surface area contributed by atoms with Gasteiger partial charge in [-0.15, -0.1) is 0 Å². The van der Waals surface area contributed by atoms with E-state index in [0.717, 1.165) is 25.7 Å². The van der Waals surface area contributed by atoms with Gasteiger partial charge in [-0.25, -0.2) is 0 Å². The maximum absolute atomic E-state index is 12.8. The lowest BCUT2D eigenvalue weighted by atomic mass is 9.76. The number of hydrogen-bond acceptors (Lipinski definition) is 3. The van der Waals surface area contributed by atoms with E-state index in [1.54, 1.807) is 0 Å². The molecule has 5 heteroatoms. The Morgan fingerprint density at radius 1 is 1.10 bits per heavy atom. The Morgan fingerprint density at radius 2 is 1.55 bits per heavy atom. The number of nitrogens with two attached hydrogens (primary N) is 1. The average molecular weight is 285 g/mol. The van der Waals surface area contributed by atoms with Crippen LogP contribution < -0.4 is 11.1 Å². The number of nitrogens with one attached hydrogen (secondary N) is 1. The van der Waals surface area contributed by atoms with E-state index in [-0.39, 0.29) is 17.3 Å². The van der Waals surface area contributed by atoms with Gasteiger partial charge in [-0.3, -0.25) is 4.79 Å². The van der Waals surface area contributed by atoms with Crippen LogP contribution in [0.4, 0.5) is 0 Å². The summed E-state index contributed by atoms with van der Waals surface area (Å²) in [6.45, 7) is 10.1. The van der Waals surface area contributed by atoms with Crippen molar-refractivity contribution in [2.75, 3.05) is 0 Å². The first-order valence-electron chi connectivity index (χ1n) is 7.60. The van der Waals surface area contributed by atoms with E-state index in [0.29, 0.717) is 12.8 Å². The fraction of sp³-hybridized carbons (Fsp3) is 0.867. The summed E-state index contributed by atoms with van der Waals surface area (Å²) in [6, 6.07) is 0. The van der Waals surface area contributed by atoms with Crippen LogP contribution >= 0.6 is 0 Å². The number of amidine groups is 1. The predicted molar refractivity (Wildman–Crippen MR) is 82.8 cm³/mol. The van der Waals surface area contributed by atoms with Crippen molar-refractivity contribution >= 4 is 11.7 Å². The van der Waals surface area contributed by atoms with Crippen molar-refractivity contribution in [3.8, 4) is 0 Å². The summed E-state index contributed by atoms with van der Waals surface area (Å²) in [5.74, 6) is -0.110. The second-order valence-corrected chi connectivity index (χ2v) is 6.16. The van der Waals surface area contributed by atoms with Gasteiger partial charge in [-0.2, -0.15) is 0 Å². The van der Waals surface area contributed by atoms with E-state index in [9.17, 15) is 4.79 Å². The molecule has 0 heterocycles. The number of oxime groups is 1. The molecule has 0 unspecified atom stereocenters. The highest BCUT2D eigenvalue weighted by molar-refractivity contribution is 6.06. The molecule has 0 aromatic carbocycles. The molecule has 5 nitrogen and oxygen atoms in total. The number of nitrogens with zero attached hydrogens (tertiary/aromatic N) is 1. The number of carbonyl (C=O) groups excluding carboxylic acids is 1. The molecule has 20 heavy (non-hydrogen) atoms. The van der Waals surface area contributed by atoms with Crippen LogP contribution in [0.3, 0.4) is 0 Å². The van der Waals surface area contributed by atoms with Crippen molar-refractivity contribution in [2.24, 2.45) is 16.3 Å². The SMILES string of the molecule is CCCC(C)(C)NC(=O)C(CCC)(CCC)C(N)=NO. The van der Waals surface area contributed by atoms with E-state index in [4.69, 9.17) is 10.9 Å². The highest BCUT2D eigenvalue weighted by Gasteiger charge is 2.43. The topological polar surface area (TPSA) is 87.7 Å². The van der Waals surface area contributed by atoms with E-state index in [2.05, 4.69) is 17.4 Å². The molecule has 0 spiro atoms. The highest BCUT2D eigenvalue weighted by atomic mass is 16.4. The maximum atomic E-state index is 12.8. The zero-order valence-electron chi connectivity index (χ0n) is 13.6. The van der Waals surface area contributed by atoms with Gasteiger partial charge in [0, 0.05) is 5.54 Å². The van der Waals surface area contributed by atoms with Gasteiger partial charge in [-0.05, 0) is 33.1 Å². The first-order chi connectivity index (χ1) is 9.29. The van der Waals surface area contributed by atoms with E-state index in [1.807, 2.05) is 27.7 Å². The smallest absolute Gasteiger partial charge is 0.234 e. The average Bonchev–Trinajstić information content (AvgIpc) is 2.36. The van der Waals surface area contributed by atoms with Crippen molar-refractivity contribution in [1.82, 2.24) is 5.32 Å². The molecule has 0 saturated carbocycles. The van der Waals surface area contributed by atoms with E-state index in [1.165, 1.54) is 0 Å². The monoisotopic (exact) mass is 285 g/mol. The normalized spacial score (nSPS) is 13.3. The molecular weight excluding hydrogens is 254 g/mol. The Labute approximate surface area is 123 Å². The third-order valence-electron chi connectivity index (χ3n) is 3.71. The lowest BCUT2D eigenvalue weighted by Crippen LogP contribution is -2.55. The Balaban J connectivity index is 5.35. The summed E-state index contributed by atoms with van der Waals surface area (Å²) in [4.78, 5) is 12.8. The molecule has 0 rings (SSSR count). The molecule has 0 aliphatic carbocycles. The first kappa shape index (κ1) is 18.7. The summed E-state index contributed by atoms with van der Waals surface area (Å²) < 4.78 is 0. The van der Waals surface area contributed by atoms with Crippen LogP contribution in [0.1, 0.15) is 73.1 Å². The molecule has 118 valence electrons. The maximum Gasteiger partial charge on any atom is 0.234 e. The van der Waals surface area contributed by atoms with Gasteiger partial charge < -0.3 is 16.3 Å².